The van der Waals surface area contributed by atoms with Crippen molar-refractivity contribution in [3.05, 3.63) is 68.2 Å². The van der Waals surface area contributed by atoms with Gasteiger partial charge in [0, 0.05) is 31.2 Å². The fourth-order valence-electron chi connectivity index (χ4n) is 2.93. The summed E-state index contributed by atoms with van der Waals surface area (Å²) in [7, 11) is 2.71. The van der Waals surface area contributed by atoms with E-state index in [0.29, 0.717) is 15.6 Å². The normalized spacial score (nSPS) is 15.7. The van der Waals surface area contributed by atoms with Crippen molar-refractivity contribution in [2.45, 2.75) is 18.4 Å². The summed E-state index contributed by atoms with van der Waals surface area (Å²) in [6.07, 6.45) is 0.187. The van der Waals surface area contributed by atoms with E-state index >= 15 is 0 Å². The van der Waals surface area contributed by atoms with E-state index in [2.05, 4.69) is 21.2 Å². The molecule has 1 unspecified atom stereocenters. The van der Waals surface area contributed by atoms with E-state index in [1.54, 1.807) is 36.4 Å². The summed E-state index contributed by atoms with van der Waals surface area (Å²) in [4.78, 5) is 23.5. The van der Waals surface area contributed by atoms with Crippen molar-refractivity contribution in [2.75, 3.05) is 14.2 Å². The second kappa shape index (κ2) is 7.63. The summed E-state index contributed by atoms with van der Waals surface area (Å²) in [5.74, 6) is -2.43. The van der Waals surface area contributed by atoms with Crippen molar-refractivity contribution in [3.63, 3.8) is 0 Å². The van der Waals surface area contributed by atoms with Crippen molar-refractivity contribution >= 4 is 33.3 Å². The van der Waals surface area contributed by atoms with Crippen LogP contribution in [0.4, 0.5) is 11.4 Å². The molecule has 0 aliphatic carbocycles. The maximum Gasteiger partial charge on any atom is 0.358 e. The van der Waals surface area contributed by atoms with Gasteiger partial charge in [-0.2, -0.15) is 0 Å². The van der Waals surface area contributed by atoms with E-state index in [4.69, 9.17) is 14.2 Å². The molecular formula is C18H16BrN2O6. The summed E-state index contributed by atoms with van der Waals surface area (Å²) >= 11 is 3.24. The maximum atomic E-state index is 12.7. The lowest BCUT2D eigenvalue weighted by Crippen LogP contribution is -2.41. The van der Waals surface area contributed by atoms with Crippen LogP contribution in [0.15, 0.2) is 46.9 Å². The summed E-state index contributed by atoms with van der Waals surface area (Å²) < 4.78 is 16.7. The Bertz CT molecular complexity index is 870. The first-order valence-corrected chi connectivity index (χ1v) is 8.76. The zero-order chi connectivity index (χ0) is 19.6. The van der Waals surface area contributed by atoms with Crippen LogP contribution in [0, 0.1) is 10.1 Å². The number of nitro benzene ring substituents is 1. The van der Waals surface area contributed by atoms with Crippen molar-refractivity contribution in [1.29, 1.82) is 0 Å². The third-order valence-corrected chi connectivity index (χ3v) is 4.66. The van der Waals surface area contributed by atoms with Crippen LogP contribution in [0.5, 0.6) is 0 Å². The zero-order valence-electron chi connectivity index (χ0n) is 14.5. The van der Waals surface area contributed by atoms with Crippen LogP contribution >= 0.6 is 15.9 Å². The highest BCUT2D eigenvalue weighted by Gasteiger charge is 2.42. The number of halogens is 1. The predicted molar refractivity (Wildman–Crippen MR) is 98.3 cm³/mol. The van der Waals surface area contributed by atoms with Gasteiger partial charge in [0.1, 0.15) is 5.69 Å². The molecule has 9 heteroatoms. The van der Waals surface area contributed by atoms with Gasteiger partial charge in [-0.3, -0.25) is 15.4 Å². The molecule has 0 saturated carbocycles. The number of hydrogen-bond acceptors (Lipinski definition) is 6. The first kappa shape index (κ1) is 19.3. The predicted octanol–water partition coefficient (Wildman–Crippen LogP) is 3.16. The van der Waals surface area contributed by atoms with Crippen LogP contribution in [0.25, 0.3) is 0 Å². The Morgan fingerprint density at radius 3 is 2.52 bits per heavy atom. The minimum atomic E-state index is -1.73. The van der Waals surface area contributed by atoms with Crippen molar-refractivity contribution in [1.82, 2.24) is 5.32 Å². The number of benzene rings is 2. The number of nitro groups is 1. The molecule has 0 bridgehead atoms. The average molecular weight is 436 g/mol. The summed E-state index contributed by atoms with van der Waals surface area (Å²) in [5.41, 5.74) is 1.11. The molecule has 2 aromatic rings. The van der Waals surface area contributed by atoms with Gasteiger partial charge in [0.25, 0.3) is 5.69 Å². The Balaban J connectivity index is 1.85. The van der Waals surface area contributed by atoms with E-state index < -0.39 is 22.9 Å². The lowest BCUT2D eigenvalue weighted by atomic mass is 10.1. The molecular weight excluding hydrogens is 420 g/mol. The molecule has 0 spiro atoms. The third-order valence-electron chi connectivity index (χ3n) is 4.20. The first-order chi connectivity index (χ1) is 12.9. The SMILES string of the molecule is COC(OC)(OC(=O)C1Cc2cc(Br)cc([N+](=O)[O-])c2[N]1)c1ccccc1. The van der Waals surface area contributed by atoms with Crippen LogP contribution in [0.1, 0.15) is 11.1 Å². The smallest absolute Gasteiger partial charge is 0.358 e. The Morgan fingerprint density at radius 2 is 1.93 bits per heavy atom. The quantitative estimate of drug-likeness (QED) is 0.298. The molecule has 1 radical (unpaired) electrons. The van der Waals surface area contributed by atoms with Crippen molar-refractivity contribution in [2.24, 2.45) is 0 Å². The number of fused-ring (bicyclic) bond motifs is 1. The Morgan fingerprint density at radius 1 is 1.26 bits per heavy atom. The first-order valence-electron chi connectivity index (χ1n) is 7.96. The summed E-state index contributed by atoms with van der Waals surface area (Å²) in [6.45, 7) is 0. The Kier molecular flexibility index (Phi) is 5.45. The van der Waals surface area contributed by atoms with Crippen LogP contribution in [0.3, 0.4) is 0 Å². The topological polar surface area (TPSA) is 102 Å². The zero-order valence-corrected chi connectivity index (χ0v) is 16.1. The van der Waals surface area contributed by atoms with E-state index in [0.717, 1.165) is 0 Å². The maximum absolute atomic E-state index is 12.7. The van der Waals surface area contributed by atoms with Gasteiger partial charge in [0.05, 0.1) is 10.5 Å². The van der Waals surface area contributed by atoms with E-state index in [1.165, 1.54) is 20.3 Å². The molecule has 141 valence electrons. The molecule has 8 nitrogen and oxygen atoms in total. The number of rotatable bonds is 6. The Hall–Kier alpha value is -2.49. The molecule has 3 rings (SSSR count). The number of nitrogens with zero attached hydrogens (tertiary/aromatic N) is 2. The fraction of sp³-hybridized carbons (Fsp3) is 0.278. The standard InChI is InChI=1S/C18H16BrN2O6/c1-25-18(26-2,12-6-4-3-5-7-12)27-17(22)14-9-11-8-13(19)10-15(21(23)24)16(11)20-14/h3-8,10,14H,9H2,1-2H3. The largest absolute Gasteiger partial charge is 0.402 e. The van der Waals surface area contributed by atoms with Gasteiger partial charge >= 0.3 is 11.9 Å². The second-order valence-electron chi connectivity index (χ2n) is 5.79. The Labute approximate surface area is 163 Å². The lowest BCUT2D eigenvalue weighted by molar-refractivity contribution is -0.384. The highest BCUT2D eigenvalue weighted by molar-refractivity contribution is 9.10. The van der Waals surface area contributed by atoms with Crippen LogP contribution < -0.4 is 5.32 Å². The van der Waals surface area contributed by atoms with Crippen molar-refractivity contribution < 1.29 is 23.9 Å². The van der Waals surface area contributed by atoms with E-state index in [-0.39, 0.29) is 17.8 Å². The number of methoxy groups -OCH3 is 2. The number of carbonyl (C=O) groups excluding carboxylic acids is 1. The second-order valence-corrected chi connectivity index (χ2v) is 6.71. The minimum Gasteiger partial charge on any atom is -0.402 e. The average Bonchev–Trinajstić information content (AvgIpc) is 3.10. The van der Waals surface area contributed by atoms with Gasteiger partial charge in [-0.1, -0.05) is 34.1 Å². The minimum absolute atomic E-state index is 0.164. The third kappa shape index (κ3) is 3.66. The highest BCUT2D eigenvalue weighted by Crippen LogP contribution is 2.39. The van der Waals surface area contributed by atoms with E-state index in [9.17, 15) is 14.9 Å². The van der Waals surface area contributed by atoms with Crippen LogP contribution in [-0.4, -0.2) is 31.2 Å². The number of carbonyl (C=O) groups is 1. The molecule has 1 aliphatic heterocycles. The highest BCUT2D eigenvalue weighted by atomic mass is 79.9. The fourth-order valence-corrected chi connectivity index (χ4v) is 3.43. The summed E-state index contributed by atoms with van der Waals surface area (Å²) in [6, 6.07) is 10.8. The molecule has 27 heavy (non-hydrogen) atoms. The van der Waals surface area contributed by atoms with Gasteiger partial charge in [-0.05, 0) is 23.8 Å². The van der Waals surface area contributed by atoms with Gasteiger partial charge in [-0.15, -0.1) is 0 Å². The van der Waals surface area contributed by atoms with Gasteiger partial charge in [0.15, 0.2) is 6.04 Å². The monoisotopic (exact) mass is 435 g/mol. The number of ether oxygens (including phenoxy) is 3. The lowest BCUT2D eigenvalue weighted by Gasteiger charge is -2.30. The molecule has 0 N–H and O–H groups in total. The summed E-state index contributed by atoms with van der Waals surface area (Å²) in [5, 5.41) is 15.5. The number of esters is 1. The molecule has 0 fully saturated rings. The molecule has 0 aromatic heterocycles. The molecule has 1 heterocycles. The van der Waals surface area contributed by atoms with Crippen LogP contribution in [-0.2, 0) is 31.4 Å². The molecule has 0 saturated heterocycles. The van der Waals surface area contributed by atoms with Gasteiger partial charge in [0.2, 0.25) is 0 Å². The molecule has 1 aliphatic rings. The van der Waals surface area contributed by atoms with Crippen LogP contribution in [0.2, 0.25) is 0 Å². The molecule has 0 amide bonds. The van der Waals surface area contributed by atoms with Gasteiger partial charge in [-0.25, -0.2) is 4.79 Å². The molecule has 2 aromatic carbocycles. The van der Waals surface area contributed by atoms with Crippen molar-refractivity contribution in [3.8, 4) is 0 Å². The number of hydrogen-bond donors (Lipinski definition) is 0. The van der Waals surface area contributed by atoms with Gasteiger partial charge < -0.3 is 14.2 Å². The molecule has 1 atom stereocenters. The van der Waals surface area contributed by atoms with E-state index in [1.807, 2.05) is 0 Å².